The standard InChI is InChI=1S/C23H27BClN3O2S/c1-7-17-14(2)26-21(18-12-13-19(25)31-18)28-20(17)27-16-10-8-15(9-11-16)24-29-22(3,4)23(5,6)30-24/h8-13H,7H2,1-6H3,(H,26,27,28). The van der Waals surface area contributed by atoms with Gasteiger partial charge in [-0.15, -0.1) is 11.3 Å². The molecular weight excluding hydrogens is 429 g/mol. The van der Waals surface area contributed by atoms with Crippen LogP contribution in [0.4, 0.5) is 11.5 Å². The summed E-state index contributed by atoms with van der Waals surface area (Å²) < 4.78 is 13.0. The molecule has 0 atom stereocenters. The number of aromatic nitrogens is 2. The Morgan fingerprint density at radius 2 is 1.65 bits per heavy atom. The Labute approximate surface area is 193 Å². The van der Waals surface area contributed by atoms with Crippen LogP contribution in [0.25, 0.3) is 10.7 Å². The molecule has 3 aromatic rings. The van der Waals surface area contributed by atoms with E-state index in [2.05, 4.69) is 39.9 Å². The van der Waals surface area contributed by atoms with Crippen molar-refractivity contribution in [3.8, 4) is 10.7 Å². The van der Waals surface area contributed by atoms with Crippen molar-refractivity contribution in [1.29, 1.82) is 0 Å². The third-order valence-electron chi connectivity index (χ3n) is 6.06. The van der Waals surface area contributed by atoms with Gasteiger partial charge in [0.05, 0.1) is 20.4 Å². The van der Waals surface area contributed by atoms with Gasteiger partial charge in [-0.05, 0) is 70.8 Å². The molecule has 1 saturated heterocycles. The van der Waals surface area contributed by atoms with Crippen LogP contribution in [0.3, 0.4) is 0 Å². The summed E-state index contributed by atoms with van der Waals surface area (Å²) in [5.41, 5.74) is 3.29. The molecule has 0 saturated carbocycles. The molecule has 0 bridgehead atoms. The Morgan fingerprint density at radius 3 is 2.19 bits per heavy atom. The quantitative estimate of drug-likeness (QED) is 0.495. The van der Waals surface area contributed by atoms with Crippen LogP contribution in [0, 0.1) is 6.92 Å². The van der Waals surface area contributed by atoms with E-state index in [0.29, 0.717) is 5.82 Å². The maximum absolute atomic E-state index is 6.15. The number of nitrogens with zero attached hydrogens (tertiary/aromatic N) is 2. The molecule has 8 heteroatoms. The lowest BCUT2D eigenvalue weighted by molar-refractivity contribution is 0.00578. The molecule has 1 N–H and O–H groups in total. The van der Waals surface area contributed by atoms with Crippen LogP contribution in [0.1, 0.15) is 45.9 Å². The Balaban J connectivity index is 1.59. The van der Waals surface area contributed by atoms with Crippen LogP contribution >= 0.6 is 22.9 Å². The lowest BCUT2D eigenvalue weighted by atomic mass is 9.79. The highest BCUT2D eigenvalue weighted by molar-refractivity contribution is 7.19. The summed E-state index contributed by atoms with van der Waals surface area (Å²) in [6.45, 7) is 12.4. The predicted molar refractivity (Wildman–Crippen MR) is 130 cm³/mol. The van der Waals surface area contributed by atoms with Crippen molar-refractivity contribution in [2.75, 3.05) is 5.32 Å². The number of rotatable bonds is 5. The van der Waals surface area contributed by atoms with Gasteiger partial charge in [0, 0.05) is 16.9 Å². The van der Waals surface area contributed by atoms with E-state index >= 15 is 0 Å². The minimum Gasteiger partial charge on any atom is -0.399 e. The van der Waals surface area contributed by atoms with Crippen LogP contribution in [0.5, 0.6) is 0 Å². The smallest absolute Gasteiger partial charge is 0.399 e. The summed E-state index contributed by atoms with van der Waals surface area (Å²) in [5.74, 6) is 1.50. The first-order valence-electron chi connectivity index (χ1n) is 10.5. The van der Waals surface area contributed by atoms with Crippen LogP contribution in [-0.2, 0) is 15.7 Å². The first-order valence-corrected chi connectivity index (χ1v) is 11.6. The fourth-order valence-corrected chi connectivity index (χ4v) is 4.48. The minimum absolute atomic E-state index is 0.357. The van der Waals surface area contributed by atoms with E-state index in [1.807, 2.05) is 43.3 Å². The Morgan fingerprint density at radius 1 is 1.00 bits per heavy atom. The molecule has 0 radical (unpaired) electrons. The third-order valence-corrected chi connectivity index (χ3v) is 7.29. The molecule has 5 nitrogen and oxygen atoms in total. The van der Waals surface area contributed by atoms with E-state index in [1.165, 1.54) is 11.3 Å². The van der Waals surface area contributed by atoms with Crippen molar-refractivity contribution in [3.63, 3.8) is 0 Å². The van der Waals surface area contributed by atoms with Crippen molar-refractivity contribution in [2.24, 2.45) is 0 Å². The molecule has 0 unspecified atom stereocenters. The molecule has 0 spiro atoms. The number of anilines is 2. The molecule has 31 heavy (non-hydrogen) atoms. The topological polar surface area (TPSA) is 56.3 Å². The average molecular weight is 456 g/mol. The maximum atomic E-state index is 6.15. The van der Waals surface area contributed by atoms with Gasteiger partial charge in [0.25, 0.3) is 0 Å². The van der Waals surface area contributed by atoms with Gasteiger partial charge in [-0.1, -0.05) is 30.7 Å². The number of hydrogen-bond acceptors (Lipinski definition) is 6. The van der Waals surface area contributed by atoms with E-state index in [1.54, 1.807) is 0 Å². The van der Waals surface area contributed by atoms with Crippen LogP contribution in [0.2, 0.25) is 4.34 Å². The monoisotopic (exact) mass is 455 g/mol. The van der Waals surface area contributed by atoms with E-state index in [9.17, 15) is 0 Å². The molecule has 2 aromatic heterocycles. The highest BCUT2D eigenvalue weighted by Crippen LogP contribution is 2.36. The number of aryl methyl sites for hydroxylation is 1. The van der Waals surface area contributed by atoms with Gasteiger partial charge in [0.15, 0.2) is 5.82 Å². The highest BCUT2D eigenvalue weighted by Gasteiger charge is 2.51. The van der Waals surface area contributed by atoms with Crippen molar-refractivity contribution in [1.82, 2.24) is 9.97 Å². The average Bonchev–Trinajstić information content (AvgIpc) is 3.22. The second-order valence-electron chi connectivity index (χ2n) is 8.75. The second kappa shape index (κ2) is 8.21. The zero-order valence-electron chi connectivity index (χ0n) is 18.7. The number of halogens is 1. The second-order valence-corrected chi connectivity index (χ2v) is 10.5. The van der Waals surface area contributed by atoms with Crippen molar-refractivity contribution in [2.45, 2.75) is 59.2 Å². The predicted octanol–water partition coefficient (Wildman–Crippen LogP) is 5.77. The van der Waals surface area contributed by atoms with Gasteiger partial charge in [-0.2, -0.15) is 0 Å². The van der Waals surface area contributed by atoms with Gasteiger partial charge in [-0.25, -0.2) is 9.97 Å². The number of thiophene rings is 1. The molecule has 4 rings (SSSR count). The Bertz CT molecular complexity index is 1080. The van der Waals surface area contributed by atoms with Gasteiger partial charge >= 0.3 is 7.12 Å². The van der Waals surface area contributed by atoms with E-state index in [0.717, 1.165) is 43.9 Å². The molecule has 1 aliphatic rings. The Hall–Kier alpha value is -1.93. The van der Waals surface area contributed by atoms with Crippen LogP contribution in [-0.4, -0.2) is 28.3 Å². The number of hydrogen-bond donors (Lipinski definition) is 1. The lowest BCUT2D eigenvalue weighted by Crippen LogP contribution is -2.41. The minimum atomic E-state index is -0.373. The van der Waals surface area contributed by atoms with Crippen molar-refractivity contribution >= 4 is 47.0 Å². The van der Waals surface area contributed by atoms with E-state index < -0.39 is 0 Å². The highest BCUT2D eigenvalue weighted by atomic mass is 35.5. The summed E-state index contributed by atoms with van der Waals surface area (Å²) in [6.07, 6.45) is 0.839. The third kappa shape index (κ3) is 4.37. The molecular formula is C23H27BClN3O2S. The van der Waals surface area contributed by atoms with Crippen molar-refractivity contribution < 1.29 is 9.31 Å². The van der Waals surface area contributed by atoms with E-state index in [4.69, 9.17) is 30.9 Å². The number of nitrogens with one attached hydrogen (secondary N) is 1. The Kier molecular flexibility index (Phi) is 5.90. The first-order chi connectivity index (χ1) is 14.6. The largest absolute Gasteiger partial charge is 0.494 e. The molecule has 162 valence electrons. The first kappa shape index (κ1) is 22.3. The summed E-state index contributed by atoms with van der Waals surface area (Å²) in [7, 11) is -0.373. The number of benzene rings is 1. The van der Waals surface area contributed by atoms with Crippen LogP contribution < -0.4 is 10.8 Å². The normalized spacial score (nSPS) is 17.2. The molecule has 1 fully saturated rings. The summed E-state index contributed by atoms with van der Waals surface area (Å²) >= 11 is 7.59. The van der Waals surface area contributed by atoms with E-state index in [-0.39, 0.29) is 18.3 Å². The molecule has 1 aliphatic heterocycles. The summed E-state index contributed by atoms with van der Waals surface area (Å²) in [6, 6.07) is 11.9. The zero-order chi connectivity index (χ0) is 22.4. The molecule has 1 aromatic carbocycles. The summed E-state index contributed by atoms with van der Waals surface area (Å²) in [5, 5.41) is 3.47. The molecule has 0 amide bonds. The van der Waals surface area contributed by atoms with Crippen LogP contribution in [0.15, 0.2) is 36.4 Å². The fraction of sp³-hybridized carbons (Fsp3) is 0.391. The van der Waals surface area contributed by atoms with Gasteiger partial charge in [0.2, 0.25) is 0 Å². The maximum Gasteiger partial charge on any atom is 0.494 e. The SMILES string of the molecule is CCc1c(C)nc(-c2ccc(Cl)s2)nc1Nc1ccc(B2OC(C)(C)C(C)(C)O2)cc1. The molecule has 3 heterocycles. The summed E-state index contributed by atoms with van der Waals surface area (Å²) in [4.78, 5) is 10.4. The lowest BCUT2D eigenvalue weighted by Gasteiger charge is -2.32. The van der Waals surface area contributed by atoms with Gasteiger partial charge in [-0.3, -0.25) is 0 Å². The van der Waals surface area contributed by atoms with Crippen molar-refractivity contribution in [3.05, 3.63) is 52.0 Å². The zero-order valence-corrected chi connectivity index (χ0v) is 20.3. The molecule has 0 aliphatic carbocycles. The van der Waals surface area contributed by atoms with Gasteiger partial charge in [0.1, 0.15) is 5.82 Å². The van der Waals surface area contributed by atoms with Gasteiger partial charge < -0.3 is 14.6 Å². The fourth-order valence-electron chi connectivity index (χ4n) is 3.51.